The average molecular weight is 266 g/mol. The smallest absolute Gasteiger partial charge is 0.261 e. The van der Waals surface area contributed by atoms with Crippen molar-refractivity contribution in [1.82, 2.24) is 0 Å². The fourth-order valence-electron chi connectivity index (χ4n) is 1.62. The Balaban J connectivity index is 2.38. The molecular formula is C11H10N2O4S. The zero-order valence-corrected chi connectivity index (χ0v) is 10.3. The molecule has 7 heteroatoms. The first-order valence-corrected chi connectivity index (χ1v) is 6.55. The van der Waals surface area contributed by atoms with E-state index in [2.05, 4.69) is 0 Å². The molecule has 0 saturated heterocycles. The number of benzene rings is 1. The summed E-state index contributed by atoms with van der Waals surface area (Å²) in [4.78, 5) is 24.2. The zero-order chi connectivity index (χ0) is 13.5. The van der Waals surface area contributed by atoms with Gasteiger partial charge in [-0.05, 0) is 31.2 Å². The Morgan fingerprint density at radius 3 is 2.06 bits per heavy atom. The second kappa shape index (κ2) is 4.04. The van der Waals surface area contributed by atoms with Gasteiger partial charge in [0.25, 0.3) is 11.8 Å². The number of nitrogens with two attached hydrogens (primary N) is 1. The predicted octanol–water partition coefficient (Wildman–Crippen LogP) is 0.154. The third kappa shape index (κ3) is 2.05. The molecule has 0 radical (unpaired) electrons. The summed E-state index contributed by atoms with van der Waals surface area (Å²) in [6, 6.07) is 5.22. The second-order valence-corrected chi connectivity index (χ2v) is 5.41. The van der Waals surface area contributed by atoms with Gasteiger partial charge >= 0.3 is 0 Å². The summed E-state index contributed by atoms with van der Waals surface area (Å²) in [7, 11) is -3.78. The van der Waals surface area contributed by atoms with Crippen LogP contribution in [0.25, 0.3) is 0 Å². The number of hydrogen-bond acceptors (Lipinski definition) is 4. The minimum atomic E-state index is -3.78. The molecule has 0 spiro atoms. The van der Waals surface area contributed by atoms with Crippen molar-refractivity contribution in [3.63, 3.8) is 0 Å². The molecule has 1 aromatic carbocycles. The van der Waals surface area contributed by atoms with E-state index in [1.807, 2.05) is 0 Å². The number of carbonyl (C=O) groups is 2. The molecule has 2 N–H and O–H groups in total. The van der Waals surface area contributed by atoms with E-state index in [0.29, 0.717) is 11.3 Å². The summed E-state index contributed by atoms with van der Waals surface area (Å²) in [6.07, 6.45) is 1.23. The summed E-state index contributed by atoms with van der Waals surface area (Å²) in [5.74, 6) is -0.857. The fraction of sp³-hybridized carbons (Fsp3) is 0.0909. The molecule has 0 aromatic heterocycles. The number of carbonyl (C=O) groups excluding carboxylic acids is 2. The van der Waals surface area contributed by atoms with Crippen molar-refractivity contribution in [2.45, 2.75) is 11.8 Å². The van der Waals surface area contributed by atoms with Crippen LogP contribution in [-0.4, -0.2) is 20.2 Å². The number of imide groups is 1. The van der Waals surface area contributed by atoms with Crippen LogP contribution in [0.3, 0.4) is 0 Å². The van der Waals surface area contributed by atoms with Crippen molar-refractivity contribution < 1.29 is 18.0 Å². The van der Waals surface area contributed by atoms with E-state index >= 15 is 0 Å². The molecule has 0 atom stereocenters. The van der Waals surface area contributed by atoms with Crippen LogP contribution >= 0.6 is 0 Å². The van der Waals surface area contributed by atoms with Crippen molar-refractivity contribution in [3.05, 3.63) is 35.9 Å². The standard InChI is InChI=1S/C11H10N2O4S/c1-7-6-10(14)13(11(7)15)8-2-4-9(5-3-8)18(12,16)17/h2-6H,1H3,(H2,12,16,17). The molecule has 0 fully saturated rings. The highest BCUT2D eigenvalue weighted by atomic mass is 32.2. The van der Waals surface area contributed by atoms with Gasteiger partial charge in [-0.1, -0.05) is 0 Å². The van der Waals surface area contributed by atoms with Gasteiger partial charge in [0.05, 0.1) is 10.6 Å². The lowest BCUT2D eigenvalue weighted by Crippen LogP contribution is -2.30. The Morgan fingerprint density at radius 1 is 1.11 bits per heavy atom. The molecule has 18 heavy (non-hydrogen) atoms. The van der Waals surface area contributed by atoms with E-state index in [1.165, 1.54) is 30.3 Å². The van der Waals surface area contributed by atoms with Crippen LogP contribution in [0.1, 0.15) is 6.92 Å². The van der Waals surface area contributed by atoms with Crippen LogP contribution in [0.4, 0.5) is 5.69 Å². The summed E-state index contributed by atoms with van der Waals surface area (Å²) in [5, 5.41) is 4.95. The highest BCUT2D eigenvalue weighted by Gasteiger charge is 2.29. The number of nitrogens with zero attached hydrogens (tertiary/aromatic N) is 1. The van der Waals surface area contributed by atoms with Crippen molar-refractivity contribution in [3.8, 4) is 0 Å². The van der Waals surface area contributed by atoms with E-state index in [1.54, 1.807) is 6.92 Å². The molecule has 1 heterocycles. The van der Waals surface area contributed by atoms with E-state index in [4.69, 9.17) is 5.14 Å². The molecule has 2 rings (SSSR count). The molecular weight excluding hydrogens is 256 g/mol. The van der Waals surface area contributed by atoms with Crippen molar-refractivity contribution in [2.75, 3.05) is 4.90 Å². The Morgan fingerprint density at radius 2 is 1.67 bits per heavy atom. The predicted molar refractivity (Wildman–Crippen MR) is 64.1 cm³/mol. The van der Waals surface area contributed by atoms with Crippen molar-refractivity contribution in [1.29, 1.82) is 0 Å². The van der Waals surface area contributed by atoms with Gasteiger partial charge in [-0.25, -0.2) is 18.5 Å². The second-order valence-electron chi connectivity index (χ2n) is 3.85. The Bertz CT molecular complexity index is 659. The number of amides is 2. The van der Waals surface area contributed by atoms with Gasteiger partial charge < -0.3 is 0 Å². The first-order valence-electron chi connectivity index (χ1n) is 5.00. The van der Waals surface area contributed by atoms with E-state index < -0.39 is 21.8 Å². The van der Waals surface area contributed by atoms with Gasteiger partial charge in [0.2, 0.25) is 10.0 Å². The topological polar surface area (TPSA) is 97.5 Å². The third-order valence-corrected chi connectivity index (χ3v) is 3.45. The van der Waals surface area contributed by atoms with Crippen LogP contribution in [0.15, 0.2) is 40.8 Å². The third-order valence-electron chi connectivity index (χ3n) is 2.52. The lowest BCUT2D eigenvalue weighted by Gasteiger charge is -2.14. The van der Waals surface area contributed by atoms with Gasteiger partial charge in [0.1, 0.15) is 0 Å². The maximum Gasteiger partial charge on any atom is 0.261 e. The molecule has 0 saturated carbocycles. The molecule has 6 nitrogen and oxygen atoms in total. The van der Waals surface area contributed by atoms with Crippen LogP contribution in [0, 0.1) is 0 Å². The van der Waals surface area contributed by atoms with Crippen LogP contribution in [-0.2, 0) is 19.6 Å². The summed E-state index contributed by atoms with van der Waals surface area (Å²) in [6.45, 7) is 1.54. The van der Waals surface area contributed by atoms with Gasteiger partial charge in [0.15, 0.2) is 0 Å². The fourth-order valence-corrected chi connectivity index (χ4v) is 2.13. The lowest BCUT2D eigenvalue weighted by atomic mass is 10.3. The Kier molecular flexibility index (Phi) is 2.80. The lowest BCUT2D eigenvalue weighted by molar-refractivity contribution is -0.120. The van der Waals surface area contributed by atoms with E-state index in [0.717, 1.165) is 4.90 Å². The quantitative estimate of drug-likeness (QED) is 0.770. The number of sulfonamides is 1. The molecule has 0 unspecified atom stereocenters. The summed E-state index contributed by atoms with van der Waals surface area (Å²) < 4.78 is 22.1. The molecule has 0 aliphatic carbocycles. The summed E-state index contributed by atoms with van der Waals surface area (Å²) in [5.41, 5.74) is 0.654. The molecule has 1 aliphatic heterocycles. The monoisotopic (exact) mass is 266 g/mol. The average Bonchev–Trinajstić information content (AvgIpc) is 2.52. The van der Waals surface area contributed by atoms with Crippen LogP contribution in [0.2, 0.25) is 0 Å². The van der Waals surface area contributed by atoms with Gasteiger partial charge in [-0.2, -0.15) is 0 Å². The van der Waals surface area contributed by atoms with Crippen LogP contribution < -0.4 is 10.0 Å². The van der Waals surface area contributed by atoms with Gasteiger partial charge in [-0.3, -0.25) is 9.59 Å². The van der Waals surface area contributed by atoms with Crippen molar-refractivity contribution in [2.24, 2.45) is 5.14 Å². The molecule has 1 aromatic rings. The molecule has 1 aliphatic rings. The number of rotatable bonds is 2. The van der Waals surface area contributed by atoms with Crippen LogP contribution in [0.5, 0.6) is 0 Å². The first kappa shape index (κ1) is 12.5. The Hall–Kier alpha value is -1.99. The molecule has 0 bridgehead atoms. The largest absolute Gasteiger partial charge is 0.269 e. The highest BCUT2D eigenvalue weighted by Crippen LogP contribution is 2.23. The van der Waals surface area contributed by atoms with Gasteiger partial charge in [0, 0.05) is 11.6 Å². The SMILES string of the molecule is CC1=CC(=O)N(c2ccc(S(N)(=O)=O)cc2)C1=O. The molecule has 94 valence electrons. The number of hydrogen-bond donors (Lipinski definition) is 1. The van der Waals surface area contributed by atoms with Crippen molar-refractivity contribution >= 4 is 27.5 Å². The van der Waals surface area contributed by atoms with Gasteiger partial charge in [-0.15, -0.1) is 0 Å². The minimum Gasteiger partial charge on any atom is -0.269 e. The summed E-state index contributed by atoms with van der Waals surface area (Å²) >= 11 is 0. The molecule has 2 amide bonds. The minimum absolute atomic E-state index is 0.0740. The number of anilines is 1. The highest BCUT2D eigenvalue weighted by molar-refractivity contribution is 7.89. The first-order chi connectivity index (χ1) is 8.30. The maximum atomic E-state index is 11.7. The number of primary sulfonamides is 1. The normalized spacial score (nSPS) is 16.1. The zero-order valence-electron chi connectivity index (χ0n) is 9.45. The Labute approximate surface area is 104 Å². The van der Waals surface area contributed by atoms with E-state index in [-0.39, 0.29) is 4.90 Å². The maximum absolute atomic E-state index is 11.7. The van der Waals surface area contributed by atoms with E-state index in [9.17, 15) is 18.0 Å².